The van der Waals surface area contributed by atoms with E-state index in [0.29, 0.717) is 5.92 Å². The zero-order valence-corrected chi connectivity index (χ0v) is 6.84. The topological polar surface area (TPSA) is 0 Å². The summed E-state index contributed by atoms with van der Waals surface area (Å²) in [5, 5.41) is 0. The van der Waals surface area contributed by atoms with Gasteiger partial charge in [-0.3, -0.25) is 0 Å². The third kappa shape index (κ3) is 1.66. The Kier molecular flexibility index (Phi) is 2.49. The lowest BCUT2D eigenvalue weighted by atomic mass is 10.2. The van der Waals surface area contributed by atoms with Gasteiger partial charge in [-0.15, -0.1) is 11.8 Å². The molecule has 0 saturated heterocycles. The lowest BCUT2D eigenvalue weighted by Crippen LogP contribution is -1.98. The summed E-state index contributed by atoms with van der Waals surface area (Å²) >= 11 is 6.73. The summed E-state index contributed by atoms with van der Waals surface area (Å²) in [6, 6.07) is 0. The second-order valence-electron chi connectivity index (χ2n) is 1.82. The molecule has 48 valence electrons. The molecule has 0 N–H and O–H groups in total. The second-order valence-corrected chi connectivity index (χ2v) is 3.37. The van der Waals surface area contributed by atoms with Crippen LogP contribution in [-0.4, -0.2) is 10.5 Å². The quantitative estimate of drug-likeness (QED) is 0.535. The van der Waals surface area contributed by atoms with E-state index in [4.69, 9.17) is 12.2 Å². The highest BCUT2D eigenvalue weighted by molar-refractivity contribution is 8.22. The summed E-state index contributed by atoms with van der Waals surface area (Å²) in [5.74, 6) is 0.412. The maximum Gasteiger partial charge on any atom is 0.0582 e. The molecular weight excluding hydrogens is 148 g/mol. The van der Waals surface area contributed by atoms with Gasteiger partial charge in [0.15, 0.2) is 0 Å². The van der Waals surface area contributed by atoms with E-state index in [2.05, 4.69) is 12.2 Å². The fourth-order valence-corrected chi connectivity index (χ4v) is 1.31. The van der Waals surface area contributed by atoms with E-state index in [1.165, 1.54) is 0 Å². The Morgan fingerprint density at radius 2 is 2.00 bits per heavy atom. The molecule has 0 fully saturated rings. The van der Waals surface area contributed by atoms with Crippen LogP contribution in [-0.2, 0) is 0 Å². The maximum atomic E-state index is 5.08. The van der Waals surface area contributed by atoms with Crippen LogP contribution in [0.2, 0.25) is 0 Å². The molecule has 2 heteroatoms. The monoisotopic (exact) mass is 156 g/mol. The molecule has 1 aliphatic carbocycles. The Labute approximate surface area is 65.0 Å². The molecule has 1 rings (SSSR count). The molecule has 0 amide bonds. The van der Waals surface area contributed by atoms with Gasteiger partial charge in [0.05, 0.1) is 4.20 Å². The van der Waals surface area contributed by atoms with Crippen molar-refractivity contribution in [1.82, 2.24) is 0 Å². The molecule has 0 aromatic rings. The minimum Gasteiger partial charge on any atom is -0.121 e. The van der Waals surface area contributed by atoms with Crippen molar-refractivity contribution in [2.75, 3.05) is 6.26 Å². The summed E-state index contributed by atoms with van der Waals surface area (Å²) in [5.41, 5.74) is 0. The summed E-state index contributed by atoms with van der Waals surface area (Å²) in [6.07, 6.45) is 10.3. The van der Waals surface area contributed by atoms with Crippen LogP contribution in [0.5, 0.6) is 0 Å². The van der Waals surface area contributed by atoms with Gasteiger partial charge in [-0.1, -0.05) is 36.5 Å². The number of rotatable bonds is 1. The van der Waals surface area contributed by atoms with Gasteiger partial charge in [0, 0.05) is 5.92 Å². The van der Waals surface area contributed by atoms with Crippen LogP contribution in [0.3, 0.4) is 0 Å². The Bertz CT molecular complexity index is 156. The van der Waals surface area contributed by atoms with Gasteiger partial charge in [0.2, 0.25) is 0 Å². The van der Waals surface area contributed by atoms with Crippen molar-refractivity contribution in [3.63, 3.8) is 0 Å². The largest absolute Gasteiger partial charge is 0.121 e. The summed E-state index contributed by atoms with van der Waals surface area (Å²) in [7, 11) is 0. The highest BCUT2D eigenvalue weighted by atomic mass is 32.2. The van der Waals surface area contributed by atoms with E-state index in [0.717, 1.165) is 4.20 Å². The molecule has 0 nitrogen and oxygen atoms in total. The van der Waals surface area contributed by atoms with Crippen LogP contribution in [0.4, 0.5) is 0 Å². The first-order valence-corrected chi connectivity index (χ1v) is 4.40. The summed E-state index contributed by atoms with van der Waals surface area (Å²) in [4.78, 5) is 0. The average Bonchev–Trinajstić information content (AvgIpc) is 2.37. The molecule has 0 aromatic carbocycles. The van der Waals surface area contributed by atoms with Gasteiger partial charge in [0.1, 0.15) is 0 Å². The van der Waals surface area contributed by atoms with E-state index in [9.17, 15) is 0 Å². The van der Waals surface area contributed by atoms with Crippen LogP contribution < -0.4 is 0 Å². The minimum atomic E-state index is 0.412. The van der Waals surface area contributed by atoms with E-state index in [-0.39, 0.29) is 0 Å². The van der Waals surface area contributed by atoms with Crippen molar-refractivity contribution >= 4 is 28.2 Å². The molecule has 0 saturated carbocycles. The predicted octanol–water partition coefficient (Wildman–Crippen LogP) is 2.42. The number of hydrogen-bond donors (Lipinski definition) is 0. The fourth-order valence-electron chi connectivity index (χ4n) is 0.725. The van der Waals surface area contributed by atoms with Gasteiger partial charge in [-0.25, -0.2) is 0 Å². The molecule has 0 spiro atoms. The molecule has 1 aliphatic rings. The summed E-state index contributed by atoms with van der Waals surface area (Å²) in [6.45, 7) is 0. The minimum absolute atomic E-state index is 0.412. The van der Waals surface area contributed by atoms with Crippen LogP contribution in [0.25, 0.3) is 0 Å². The Hall–Kier alpha value is -0.0800. The Morgan fingerprint density at radius 1 is 1.44 bits per heavy atom. The van der Waals surface area contributed by atoms with Gasteiger partial charge >= 0.3 is 0 Å². The number of hydrogen-bond acceptors (Lipinski definition) is 2. The van der Waals surface area contributed by atoms with E-state index in [1.54, 1.807) is 11.8 Å². The SMILES string of the molecule is CSC(=S)C1C=CC=C1. The molecule has 9 heavy (non-hydrogen) atoms. The molecule has 0 radical (unpaired) electrons. The predicted molar refractivity (Wildman–Crippen MR) is 47.9 cm³/mol. The van der Waals surface area contributed by atoms with Gasteiger partial charge in [-0.2, -0.15) is 0 Å². The smallest absolute Gasteiger partial charge is 0.0582 e. The molecule has 0 bridgehead atoms. The lowest BCUT2D eigenvalue weighted by molar-refractivity contribution is 1.22. The molecule has 0 unspecified atom stereocenters. The molecule has 0 heterocycles. The maximum absolute atomic E-state index is 5.08. The van der Waals surface area contributed by atoms with Crippen LogP contribution >= 0.6 is 24.0 Å². The molecular formula is C7H8S2. The second kappa shape index (κ2) is 3.18. The first-order chi connectivity index (χ1) is 4.34. The van der Waals surface area contributed by atoms with Crippen molar-refractivity contribution in [2.24, 2.45) is 5.92 Å². The van der Waals surface area contributed by atoms with E-state index in [1.807, 2.05) is 18.4 Å². The molecule has 0 aromatic heterocycles. The van der Waals surface area contributed by atoms with E-state index >= 15 is 0 Å². The zero-order chi connectivity index (χ0) is 6.69. The van der Waals surface area contributed by atoms with Crippen molar-refractivity contribution < 1.29 is 0 Å². The standard InChI is InChI=1S/C7H8S2/c1-9-7(8)6-4-2-3-5-6/h2-6H,1H3. The van der Waals surface area contributed by atoms with Gasteiger partial charge in [-0.05, 0) is 6.26 Å². The summed E-state index contributed by atoms with van der Waals surface area (Å²) < 4.78 is 1.06. The number of thiocarbonyl (C=S) groups is 1. The van der Waals surface area contributed by atoms with Crippen molar-refractivity contribution in [1.29, 1.82) is 0 Å². The van der Waals surface area contributed by atoms with Crippen LogP contribution in [0.15, 0.2) is 24.3 Å². The fraction of sp³-hybridized carbons (Fsp3) is 0.286. The third-order valence-corrected chi connectivity index (χ3v) is 2.67. The molecule has 0 atom stereocenters. The Morgan fingerprint density at radius 3 is 2.44 bits per heavy atom. The highest BCUT2D eigenvalue weighted by Crippen LogP contribution is 2.17. The lowest BCUT2D eigenvalue weighted by Gasteiger charge is -2.01. The van der Waals surface area contributed by atoms with Gasteiger partial charge in [0.25, 0.3) is 0 Å². The van der Waals surface area contributed by atoms with Crippen molar-refractivity contribution in [3.05, 3.63) is 24.3 Å². The normalized spacial score (nSPS) is 17.0. The van der Waals surface area contributed by atoms with Crippen LogP contribution in [0.1, 0.15) is 0 Å². The molecule has 0 aliphatic heterocycles. The first-order valence-electron chi connectivity index (χ1n) is 2.77. The average molecular weight is 156 g/mol. The van der Waals surface area contributed by atoms with E-state index < -0.39 is 0 Å². The zero-order valence-electron chi connectivity index (χ0n) is 5.20. The van der Waals surface area contributed by atoms with Crippen molar-refractivity contribution in [3.8, 4) is 0 Å². The number of thioether (sulfide) groups is 1. The first kappa shape index (κ1) is 7.03. The van der Waals surface area contributed by atoms with Crippen molar-refractivity contribution in [2.45, 2.75) is 0 Å². The highest BCUT2D eigenvalue weighted by Gasteiger charge is 2.07. The number of allylic oxidation sites excluding steroid dienone is 4. The van der Waals surface area contributed by atoms with Gasteiger partial charge < -0.3 is 0 Å². The Balaban J connectivity index is 2.53. The van der Waals surface area contributed by atoms with Crippen LogP contribution in [0, 0.1) is 5.92 Å². The third-order valence-electron chi connectivity index (χ3n) is 1.22.